The summed E-state index contributed by atoms with van der Waals surface area (Å²) in [5.74, 6) is -1.75. The normalized spacial score (nSPS) is 22.3. The lowest BCUT2D eigenvalue weighted by Crippen LogP contribution is -2.46. The van der Waals surface area contributed by atoms with Crippen LogP contribution in [0.4, 0.5) is 4.39 Å². The van der Waals surface area contributed by atoms with E-state index in [0.717, 1.165) is 25.3 Å². The third-order valence-corrected chi connectivity index (χ3v) is 6.15. The SMILES string of the molecule is CN(Cc1ccc(C(=O)O)cc1F)C1CCCCC1S(C)(=O)=O. The Morgan fingerprint density at radius 3 is 2.57 bits per heavy atom. The van der Waals surface area contributed by atoms with Crippen LogP contribution >= 0.6 is 0 Å². The van der Waals surface area contributed by atoms with Gasteiger partial charge in [-0.3, -0.25) is 4.90 Å². The summed E-state index contributed by atoms with van der Waals surface area (Å²) in [6.45, 7) is 0.252. The molecule has 1 fully saturated rings. The summed E-state index contributed by atoms with van der Waals surface area (Å²) < 4.78 is 38.0. The second kappa shape index (κ2) is 6.97. The van der Waals surface area contributed by atoms with Crippen molar-refractivity contribution in [3.05, 3.63) is 35.1 Å². The topological polar surface area (TPSA) is 74.7 Å². The molecule has 0 heterocycles. The molecule has 1 aliphatic rings. The quantitative estimate of drug-likeness (QED) is 0.888. The number of aromatic carboxylic acids is 1. The number of nitrogens with zero attached hydrogens (tertiary/aromatic N) is 1. The van der Waals surface area contributed by atoms with Gasteiger partial charge in [0.2, 0.25) is 0 Å². The van der Waals surface area contributed by atoms with Crippen LogP contribution in [0.15, 0.2) is 18.2 Å². The van der Waals surface area contributed by atoms with Crippen LogP contribution in [0.2, 0.25) is 0 Å². The molecule has 128 valence electrons. The Morgan fingerprint density at radius 1 is 1.35 bits per heavy atom. The molecule has 0 amide bonds. The zero-order valence-corrected chi connectivity index (χ0v) is 14.1. The van der Waals surface area contributed by atoms with Gasteiger partial charge in [-0.05, 0) is 32.0 Å². The second-order valence-corrected chi connectivity index (χ2v) is 8.51. The predicted octanol–water partition coefficient (Wildman–Crippen LogP) is 2.31. The zero-order chi connectivity index (χ0) is 17.2. The lowest BCUT2D eigenvalue weighted by atomic mass is 9.93. The van der Waals surface area contributed by atoms with E-state index in [0.29, 0.717) is 12.0 Å². The molecule has 0 radical (unpaired) electrons. The number of hydrogen-bond acceptors (Lipinski definition) is 4. The number of sulfone groups is 1. The van der Waals surface area contributed by atoms with E-state index in [9.17, 15) is 17.6 Å². The molecule has 2 rings (SSSR count). The highest BCUT2D eigenvalue weighted by Gasteiger charge is 2.35. The van der Waals surface area contributed by atoms with Gasteiger partial charge in [0.25, 0.3) is 0 Å². The van der Waals surface area contributed by atoms with Gasteiger partial charge in [-0.15, -0.1) is 0 Å². The average Bonchev–Trinajstić information content (AvgIpc) is 2.48. The molecule has 1 aromatic carbocycles. The second-order valence-electron chi connectivity index (χ2n) is 6.25. The third-order valence-electron chi connectivity index (χ3n) is 4.50. The Labute approximate surface area is 136 Å². The lowest BCUT2D eigenvalue weighted by molar-refractivity contribution is 0.0696. The van der Waals surface area contributed by atoms with Crippen LogP contribution in [0.3, 0.4) is 0 Å². The molecule has 23 heavy (non-hydrogen) atoms. The summed E-state index contributed by atoms with van der Waals surface area (Å²) in [5, 5.41) is 8.44. The zero-order valence-electron chi connectivity index (χ0n) is 13.3. The van der Waals surface area contributed by atoms with Crippen molar-refractivity contribution in [2.24, 2.45) is 0 Å². The molecule has 2 unspecified atom stereocenters. The molecular formula is C16H22FNO4S. The lowest BCUT2D eigenvalue weighted by Gasteiger charge is -2.37. The van der Waals surface area contributed by atoms with Crippen molar-refractivity contribution in [2.45, 2.75) is 43.5 Å². The predicted molar refractivity (Wildman–Crippen MR) is 85.7 cm³/mol. The van der Waals surface area contributed by atoms with Crippen LogP contribution in [-0.4, -0.2) is 49.0 Å². The first-order valence-corrected chi connectivity index (χ1v) is 9.56. The molecule has 0 saturated heterocycles. The van der Waals surface area contributed by atoms with E-state index in [-0.39, 0.29) is 18.2 Å². The van der Waals surface area contributed by atoms with Gasteiger partial charge in [-0.1, -0.05) is 18.9 Å². The van der Waals surface area contributed by atoms with E-state index in [1.54, 1.807) is 7.05 Å². The van der Waals surface area contributed by atoms with E-state index in [1.807, 2.05) is 4.90 Å². The minimum absolute atomic E-state index is 0.0967. The Kier molecular flexibility index (Phi) is 5.41. The molecule has 7 heteroatoms. The van der Waals surface area contributed by atoms with Gasteiger partial charge in [0.05, 0.1) is 10.8 Å². The minimum Gasteiger partial charge on any atom is -0.478 e. The summed E-state index contributed by atoms with van der Waals surface area (Å²) in [4.78, 5) is 12.7. The molecule has 1 aliphatic carbocycles. The summed E-state index contributed by atoms with van der Waals surface area (Å²) in [6.07, 6.45) is 4.51. The molecule has 1 N–H and O–H groups in total. The van der Waals surface area contributed by atoms with Crippen molar-refractivity contribution in [3.63, 3.8) is 0 Å². The molecule has 1 aromatic rings. The Hall–Kier alpha value is -1.47. The van der Waals surface area contributed by atoms with E-state index in [1.165, 1.54) is 18.4 Å². The van der Waals surface area contributed by atoms with Crippen LogP contribution in [-0.2, 0) is 16.4 Å². The first-order valence-electron chi connectivity index (χ1n) is 7.61. The number of carboxylic acid groups (broad SMARTS) is 1. The number of rotatable bonds is 5. The maximum Gasteiger partial charge on any atom is 0.335 e. The van der Waals surface area contributed by atoms with Crippen LogP contribution < -0.4 is 0 Å². The fourth-order valence-corrected chi connectivity index (χ4v) is 4.78. The molecule has 0 aliphatic heterocycles. The van der Waals surface area contributed by atoms with Gasteiger partial charge in [0.15, 0.2) is 9.84 Å². The molecule has 1 saturated carbocycles. The molecule has 0 aromatic heterocycles. The Morgan fingerprint density at radius 2 is 2.00 bits per heavy atom. The fraction of sp³-hybridized carbons (Fsp3) is 0.562. The maximum atomic E-state index is 14.1. The molecular weight excluding hydrogens is 321 g/mol. The smallest absolute Gasteiger partial charge is 0.335 e. The number of carboxylic acids is 1. The van der Waals surface area contributed by atoms with Crippen molar-refractivity contribution in [3.8, 4) is 0 Å². The van der Waals surface area contributed by atoms with Gasteiger partial charge in [-0.25, -0.2) is 17.6 Å². The summed E-state index contributed by atoms with van der Waals surface area (Å²) in [5.41, 5.74) is 0.274. The first kappa shape index (κ1) is 17.9. The van der Waals surface area contributed by atoms with Gasteiger partial charge < -0.3 is 5.11 Å². The molecule has 0 bridgehead atoms. The minimum atomic E-state index is -3.15. The Balaban J connectivity index is 2.17. The van der Waals surface area contributed by atoms with E-state index >= 15 is 0 Å². The largest absolute Gasteiger partial charge is 0.478 e. The monoisotopic (exact) mass is 343 g/mol. The summed E-state index contributed by atoms with van der Waals surface area (Å²) in [7, 11) is -1.36. The number of hydrogen-bond donors (Lipinski definition) is 1. The van der Waals surface area contributed by atoms with E-state index in [2.05, 4.69) is 0 Å². The summed E-state index contributed by atoms with van der Waals surface area (Å²) >= 11 is 0. The highest BCUT2D eigenvalue weighted by atomic mass is 32.2. The highest BCUT2D eigenvalue weighted by Crippen LogP contribution is 2.28. The van der Waals surface area contributed by atoms with Gasteiger partial charge >= 0.3 is 5.97 Å². The van der Waals surface area contributed by atoms with Crippen LogP contribution in [0.25, 0.3) is 0 Å². The fourth-order valence-electron chi connectivity index (χ4n) is 3.28. The van der Waals surface area contributed by atoms with Gasteiger partial charge in [-0.2, -0.15) is 0 Å². The first-order chi connectivity index (χ1) is 10.7. The summed E-state index contributed by atoms with van der Waals surface area (Å²) in [6, 6.07) is 3.68. The average molecular weight is 343 g/mol. The van der Waals surface area contributed by atoms with Crippen LogP contribution in [0.1, 0.15) is 41.6 Å². The van der Waals surface area contributed by atoms with E-state index < -0.39 is 26.9 Å². The van der Waals surface area contributed by atoms with Crippen molar-refractivity contribution < 1.29 is 22.7 Å². The maximum absolute atomic E-state index is 14.1. The standard InChI is InChI=1S/C16H22FNO4S/c1-18(14-5-3-4-6-15(14)23(2,21)22)10-12-8-7-11(16(19)20)9-13(12)17/h7-9,14-15H,3-6,10H2,1-2H3,(H,19,20). The Bertz CT molecular complexity index is 689. The van der Waals surface area contributed by atoms with Gasteiger partial charge in [0.1, 0.15) is 5.82 Å². The van der Waals surface area contributed by atoms with Crippen LogP contribution in [0.5, 0.6) is 0 Å². The highest BCUT2D eigenvalue weighted by molar-refractivity contribution is 7.91. The number of halogens is 1. The number of benzene rings is 1. The van der Waals surface area contributed by atoms with Crippen molar-refractivity contribution in [1.82, 2.24) is 4.90 Å². The molecule has 5 nitrogen and oxygen atoms in total. The van der Waals surface area contributed by atoms with Crippen LogP contribution in [0, 0.1) is 5.82 Å². The molecule has 2 atom stereocenters. The van der Waals surface area contributed by atoms with Gasteiger partial charge in [0, 0.05) is 24.4 Å². The van der Waals surface area contributed by atoms with Crippen molar-refractivity contribution in [1.29, 1.82) is 0 Å². The van der Waals surface area contributed by atoms with Crippen molar-refractivity contribution >= 4 is 15.8 Å². The number of carbonyl (C=O) groups is 1. The molecule has 0 spiro atoms. The third kappa shape index (κ3) is 4.29. The van der Waals surface area contributed by atoms with E-state index in [4.69, 9.17) is 5.11 Å². The van der Waals surface area contributed by atoms with Crippen molar-refractivity contribution in [2.75, 3.05) is 13.3 Å².